The van der Waals surface area contributed by atoms with Crippen LogP contribution in [0.15, 0.2) is 71.3 Å². The first-order valence-corrected chi connectivity index (χ1v) is 8.30. The van der Waals surface area contributed by atoms with Gasteiger partial charge >= 0.3 is 0 Å². The van der Waals surface area contributed by atoms with E-state index in [0.29, 0.717) is 19.4 Å². The summed E-state index contributed by atoms with van der Waals surface area (Å²) in [6.45, 7) is 2.48. The zero-order chi connectivity index (χ0) is 17.5. The van der Waals surface area contributed by atoms with E-state index in [4.69, 9.17) is 9.15 Å². The lowest BCUT2D eigenvalue weighted by Gasteiger charge is -2.11. The number of carbonyl (C=O) groups is 1. The Morgan fingerprint density at radius 2 is 1.92 bits per heavy atom. The van der Waals surface area contributed by atoms with Gasteiger partial charge in [-0.05, 0) is 48.4 Å². The lowest BCUT2D eigenvalue weighted by atomic mass is 10.1. The minimum atomic E-state index is -0.0301. The average molecular weight is 335 g/mol. The molecule has 0 aliphatic rings. The average Bonchev–Trinajstić information content (AvgIpc) is 3.15. The number of carbonyl (C=O) groups excluding carboxylic acids is 1. The molecule has 1 heterocycles. The second-order valence-electron chi connectivity index (χ2n) is 5.88. The van der Waals surface area contributed by atoms with Gasteiger partial charge in [-0.2, -0.15) is 0 Å². The first kappa shape index (κ1) is 16.8. The highest BCUT2D eigenvalue weighted by atomic mass is 16.5. The van der Waals surface area contributed by atoms with Gasteiger partial charge in [0.25, 0.3) is 0 Å². The van der Waals surface area contributed by atoms with Gasteiger partial charge < -0.3 is 14.5 Å². The van der Waals surface area contributed by atoms with E-state index in [2.05, 4.69) is 5.32 Å². The van der Waals surface area contributed by atoms with Gasteiger partial charge in [-0.15, -0.1) is 0 Å². The second kappa shape index (κ2) is 8.20. The minimum absolute atomic E-state index is 0.0301. The highest BCUT2D eigenvalue weighted by Gasteiger charge is 2.07. The standard InChI is InChI=1S/C21H21NO3/c1-16-14-19(25-15-17-6-3-2-4-7-17)9-11-20(16)22-21(23)12-10-18-8-5-13-24-18/h2-9,11,13-14H,10,12,15H2,1H3,(H,22,23). The molecule has 0 saturated heterocycles. The summed E-state index contributed by atoms with van der Waals surface area (Å²) in [7, 11) is 0. The van der Waals surface area contributed by atoms with Crippen LogP contribution >= 0.6 is 0 Å². The largest absolute Gasteiger partial charge is 0.489 e. The van der Waals surface area contributed by atoms with Crippen molar-refractivity contribution in [2.45, 2.75) is 26.4 Å². The molecule has 0 radical (unpaired) electrons. The van der Waals surface area contributed by atoms with Crippen LogP contribution in [0.4, 0.5) is 5.69 Å². The van der Waals surface area contributed by atoms with E-state index in [-0.39, 0.29) is 5.91 Å². The van der Waals surface area contributed by atoms with Crippen LogP contribution in [0.25, 0.3) is 0 Å². The molecular weight excluding hydrogens is 314 g/mol. The maximum absolute atomic E-state index is 12.1. The molecule has 4 heteroatoms. The molecule has 25 heavy (non-hydrogen) atoms. The summed E-state index contributed by atoms with van der Waals surface area (Å²) in [4.78, 5) is 12.1. The van der Waals surface area contributed by atoms with E-state index in [1.54, 1.807) is 6.26 Å². The van der Waals surface area contributed by atoms with Crippen molar-refractivity contribution in [1.29, 1.82) is 0 Å². The Kier molecular flexibility index (Phi) is 5.52. The molecule has 0 aliphatic heterocycles. The third kappa shape index (κ3) is 4.98. The summed E-state index contributed by atoms with van der Waals surface area (Å²) in [5.41, 5.74) is 2.89. The molecule has 0 bridgehead atoms. The first-order chi connectivity index (χ1) is 12.2. The Bertz CT molecular complexity index is 810. The summed E-state index contributed by atoms with van der Waals surface area (Å²) in [6, 6.07) is 19.4. The predicted octanol–water partition coefficient (Wildman–Crippen LogP) is 4.74. The van der Waals surface area contributed by atoms with Crippen molar-refractivity contribution in [1.82, 2.24) is 0 Å². The molecule has 0 atom stereocenters. The van der Waals surface area contributed by atoms with E-state index in [1.807, 2.05) is 67.6 Å². The van der Waals surface area contributed by atoms with E-state index < -0.39 is 0 Å². The van der Waals surface area contributed by atoms with Crippen LogP contribution in [0.5, 0.6) is 5.75 Å². The van der Waals surface area contributed by atoms with Crippen LogP contribution in [0.2, 0.25) is 0 Å². The Balaban J connectivity index is 1.53. The van der Waals surface area contributed by atoms with Gasteiger partial charge in [0, 0.05) is 18.5 Å². The number of benzene rings is 2. The minimum Gasteiger partial charge on any atom is -0.489 e. The molecule has 0 saturated carbocycles. The molecule has 128 valence electrons. The summed E-state index contributed by atoms with van der Waals surface area (Å²) in [5.74, 6) is 1.57. The molecule has 1 N–H and O–H groups in total. The maximum atomic E-state index is 12.1. The number of anilines is 1. The van der Waals surface area contributed by atoms with Crippen LogP contribution in [-0.4, -0.2) is 5.91 Å². The molecule has 3 rings (SSSR count). The number of ether oxygens (including phenoxy) is 1. The molecule has 3 aromatic rings. The van der Waals surface area contributed by atoms with Crippen molar-refractivity contribution in [3.05, 3.63) is 83.8 Å². The summed E-state index contributed by atoms with van der Waals surface area (Å²) in [5, 5.41) is 2.94. The lowest BCUT2D eigenvalue weighted by molar-refractivity contribution is -0.116. The van der Waals surface area contributed by atoms with Crippen molar-refractivity contribution in [3.63, 3.8) is 0 Å². The summed E-state index contributed by atoms with van der Waals surface area (Å²) < 4.78 is 11.0. The van der Waals surface area contributed by atoms with Crippen LogP contribution in [0.1, 0.15) is 23.3 Å². The number of furan rings is 1. The second-order valence-corrected chi connectivity index (χ2v) is 5.88. The number of aryl methyl sites for hydroxylation is 2. The third-order valence-corrected chi connectivity index (χ3v) is 3.90. The normalized spacial score (nSPS) is 10.4. The van der Waals surface area contributed by atoms with Gasteiger partial charge in [0.05, 0.1) is 6.26 Å². The van der Waals surface area contributed by atoms with Crippen molar-refractivity contribution in [2.75, 3.05) is 5.32 Å². The highest BCUT2D eigenvalue weighted by Crippen LogP contribution is 2.22. The molecule has 1 aromatic heterocycles. The van der Waals surface area contributed by atoms with Gasteiger partial charge in [0.2, 0.25) is 5.91 Å². The lowest BCUT2D eigenvalue weighted by Crippen LogP contribution is -2.13. The molecule has 1 amide bonds. The highest BCUT2D eigenvalue weighted by molar-refractivity contribution is 5.91. The van der Waals surface area contributed by atoms with E-state index in [0.717, 1.165) is 28.3 Å². The monoisotopic (exact) mass is 335 g/mol. The summed E-state index contributed by atoms with van der Waals surface area (Å²) in [6.07, 6.45) is 2.60. The van der Waals surface area contributed by atoms with Crippen molar-refractivity contribution >= 4 is 11.6 Å². The van der Waals surface area contributed by atoms with Crippen molar-refractivity contribution < 1.29 is 13.9 Å². The first-order valence-electron chi connectivity index (χ1n) is 8.30. The Morgan fingerprint density at radius 1 is 1.08 bits per heavy atom. The topological polar surface area (TPSA) is 51.5 Å². The molecule has 0 spiro atoms. The Hall–Kier alpha value is -3.01. The molecule has 4 nitrogen and oxygen atoms in total. The van der Waals surface area contributed by atoms with Gasteiger partial charge in [-0.1, -0.05) is 30.3 Å². The van der Waals surface area contributed by atoms with Crippen LogP contribution in [0, 0.1) is 6.92 Å². The maximum Gasteiger partial charge on any atom is 0.224 e. The fourth-order valence-electron chi connectivity index (χ4n) is 2.51. The SMILES string of the molecule is Cc1cc(OCc2ccccc2)ccc1NC(=O)CCc1ccco1. The quantitative estimate of drug-likeness (QED) is 0.678. The third-order valence-electron chi connectivity index (χ3n) is 3.90. The van der Waals surface area contributed by atoms with Crippen LogP contribution in [0.3, 0.4) is 0 Å². The zero-order valence-corrected chi connectivity index (χ0v) is 14.2. The number of amides is 1. The number of hydrogen-bond donors (Lipinski definition) is 1. The van der Waals surface area contributed by atoms with E-state index in [1.165, 1.54) is 0 Å². The fraction of sp³-hybridized carbons (Fsp3) is 0.190. The van der Waals surface area contributed by atoms with E-state index >= 15 is 0 Å². The molecular formula is C21H21NO3. The van der Waals surface area contributed by atoms with Gasteiger partial charge in [0.1, 0.15) is 18.1 Å². The fourth-order valence-corrected chi connectivity index (χ4v) is 2.51. The number of nitrogens with one attached hydrogen (secondary N) is 1. The molecule has 0 fully saturated rings. The van der Waals surface area contributed by atoms with Crippen molar-refractivity contribution in [3.8, 4) is 5.75 Å². The predicted molar refractivity (Wildman–Crippen MR) is 97.6 cm³/mol. The van der Waals surface area contributed by atoms with Gasteiger partial charge in [-0.3, -0.25) is 4.79 Å². The van der Waals surface area contributed by atoms with Gasteiger partial charge in [-0.25, -0.2) is 0 Å². The Morgan fingerprint density at radius 3 is 2.64 bits per heavy atom. The number of rotatable bonds is 7. The van der Waals surface area contributed by atoms with Crippen molar-refractivity contribution in [2.24, 2.45) is 0 Å². The van der Waals surface area contributed by atoms with Crippen LogP contribution < -0.4 is 10.1 Å². The smallest absolute Gasteiger partial charge is 0.224 e. The Labute approximate surface area is 147 Å². The molecule has 0 unspecified atom stereocenters. The van der Waals surface area contributed by atoms with Gasteiger partial charge in [0.15, 0.2) is 0 Å². The van der Waals surface area contributed by atoms with E-state index in [9.17, 15) is 4.79 Å². The zero-order valence-electron chi connectivity index (χ0n) is 14.2. The molecule has 2 aromatic carbocycles. The van der Waals surface area contributed by atoms with Crippen LogP contribution in [-0.2, 0) is 17.8 Å². The summed E-state index contributed by atoms with van der Waals surface area (Å²) >= 11 is 0. The molecule has 0 aliphatic carbocycles. The number of hydrogen-bond acceptors (Lipinski definition) is 3.